The van der Waals surface area contributed by atoms with E-state index in [-0.39, 0.29) is 6.03 Å². The first-order valence-corrected chi connectivity index (χ1v) is 8.75. The summed E-state index contributed by atoms with van der Waals surface area (Å²) < 4.78 is 0. The van der Waals surface area contributed by atoms with Crippen LogP contribution >= 0.6 is 11.8 Å². The topological polar surface area (TPSA) is 79.8 Å². The maximum atomic E-state index is 11.6. The first kappa shape index (κ1) is 16.2. The highest BCUT2D eigenvalue weighted by Crippen LogP contribution is 2.24. The summed E-state index contributed by atoms with van der Waals surface area (Å²) in [6.45, 7) is 2.41. The van der Waals surface area contributed by atoms with Crippen molar-refractivity contribution in [2.75, 3.05) is 18.1 Å². The summed E-state index contributed by atoms with van der Waals surface area (Å²) in [6.07, 6.45) is 3.77. The minimum absolute atomic E-state index is 0.291. The molecule has 0 bridgehead atoms. The van der Waals surface area contributed by atoms with Gasteiger partial charge in [-0.3, -0.25) is 10.3 Å². The van der Waals surface area contributed by atoms with Crippen LogP contribution < -0.4 is 10.6 Å². The largest absolute Gasteiger partial charge is 0.338 e. The predicted octanol–water partition coefficient (Wildman–Crippen LogP) is 3.56. The Morgan fingerprint density at radius 1 is 1.21 bits per heavy atom. The maximum Gasteiger partial charge on any atom is 0.320 e. The van der Waals surface area contributed by atoms with E-state index in [1.54, 1.807) is 30.1 Å². The first-order chi connectivity index (χ1) is 11.7. The quantitative estimate of drug-likeness (QED) is 0.711. The van der Waals surface area contributed by atoms with Crippen LogP contribution in [0.3, 0.4) is 0 Å². The van der Waals surface area contributed by atoms with Crippen molar-refractivity contribution in [3.8, 4) is 11.3 Å². The fourth-order valence-corrected chi connectivity index (χ4v) is 2.67. The van der Waals surface area contributed by atoms with Crippen LogP contribution in [0.15, 0.2) is 47.5 Å². The highest BCUT2D eigenvalue weighted by molar-refractivity contribution is 7.98. The summed E-state index contributed by atoms with van der Waals surface area (Å²) in [7, 11) is 0. The van der Waals surface area contributed by atoms with Crippen molar-refractivity contribution in [3.05, 3.63) is 42.6 Å². The summed E-state index contributed by atoms with van der Waals surface area (Å²) in [5, 5.41) is 5.34. The number of nitrogens with zero attached hydrogens (tertiary/aromatic N) is 3. The molecule has 2 heterocycles. The predicted molar refractivity (Wildman–Crippen MR) is 97.2 cm³/mol. The Labute approximate surface area is 144 Å². The van der Waals surface area contributed by atoms with Crippen LogP contribution in [0.2, 0.25) is 0 Å². The molecule has 0 saturated heterocycles. The van der Waals surface area contributed by atoms with E-state index < -0.39 is 0 Å². The number of anilines is 1. The van der Waals surface area contributed by atoms with Crippen LogP contribution in [0.4, 0.5) is 10.6 Å². The average molecular weight is 339 g/mol. The molecule has 6 nitrogen and oxygen atoms in total. The highest BCUT2D eigenvalue weighted by Gasteiger charge is 2.07. The van der Waals surface area contributed by atoms with E-state index in [1.165, 1.54) is 0 Å². The molecule has 0 spiro atoms. The number of fused-ring (bicyclic) bond motifs is 1. The lowest BCUT2D eigenvalue weighted by Crippen LogP contribution is -2.28. The van der Waals surface area contributed by atoms with E-state index in [0.717, 1.165) is 16.2 Å². The molecule has 2 aromatic heterocycles. The Kier molecular flexibility index (Phi) is 4.90. The molecule has 24 heavy (non-hydrogen) atoms. The molecule has 0 fully saturated rings. The second-order valence-corrected chi connectivity index (χ2v) is 5.89. The zero-order chi connectivity index (χ0) is 16.9. The molecule has 122 valence electrons. The van der Waals surface area contributed by atoms with Gasteiger partial charge in [-0.2, -0.15) is 0 Å². The van der Waals surface area contributed by atoms with Crippen molar-refractivity contribution in [1.29, 1.82) is 0 Å². The fraction of sp³-hybridized carbons (Fsp3) is 0.176. The molecule has 0 saturated carbocycles. The molecule has 0 atom stereocenters. The van der Waals surface area contributed by atoms with Crippen LogP contribution in [0.25, 0.3) is 22.4 Å². The number of benzene rings is 1. The van der Waals surface area contributed by atoms with E-state index in [4.69, 9.17) is 0 Å². The summed E-state index contributed by atoms with van der Waals surface area (Å²) in [5.74, 6) is 0.442. The minimum atomic E-state index is -0.291. The van der Waals surface area contributed by atoms with Crippen LogP contribution in [-0.2, 0) is 0 Å². The van der Waals surface area contributed by atoms with Crippen LogP contribution in [0, 0.1) is 0 Å². The van der Waals surface area contributed by atoms with Gasteiger partial charge in [0.05, 0.1) is 11.9 Å². The van der Waals surface area contributed by atoms with E-state index >= 15 is 0 Å². The Hall–Kier alpha value is -2.67. The second-order valence-electron chi connectivity index (χ2n) is 5.01. The number of urea groups is 1. The van der Waals surface area contributed by atoms with E-state index in [0.29, 0.717) is 23.5 Å². The Balaban J connectivity index is 1.95. The lowest BCUT2D eigenvalue weighted by Gasteiger charge is -2.07. The molecule has 3 aromatic rings. The molecule has 0 radical (unpaired) electrons. The van der Waals surface area contributed by atoms with Crippen molar-refractivity contribution < 1.29 is 4.79 Å². The number of hydrogen-bond acceptors (Lipinski definition) is 5. The van der Waals surface area contributed by atoms with Crippen molar-refractivity contribution in [3.63, 3.8) is 0 Å². The summed E-state index contributed by atoms with van der Waals surface area (Å²) in [4.78, 5) is 26.1. The number of aromatic nitrogens is 3. The van der Waals surface area contributed by atoms with E-state index in [9.17, 15) is 4.79 Å². The monoisotopic (exact) mass is 339 g/mol. The fourth-order valence-electron chi connectivity index (χ4n) is 2.21. The van der Waals surface area contributed by atoms with Crippen molar-refractivity contribution >= 4 is 34.8 Å². The Morgan fingerprint density at radius 2 is 2.08 bits per heavy atom. The van der Waals surface area contributed by atoms with Gasteiger partial charge < -0.3 is 5.32 Å². The molecule has 0 aliphatic rings. The molecule has 2 N–H and O–H groups in total. The summed E-state index contributed by atoms with van der Waals surface area (Å²) in [5.41, 5.74) is 2.92. The average Bonchev–Trinajstić information content (AvgIpc) is 2.61. The third-order valence-corrected chi connectivity index (χ3v) is 4.08. The summed E-state index contributed by atoms with van der Waals surface area (Å²) in [6, 6.07) is 11.3. The SMILES string of the molecule is CCNC(=O)Nc1ccc2ncc(-c3cccc(SC)c3)nc2n1. The first-order valence-electron chi connectivity index (χ1n) is 7.52. The minimum Gasteiger partial charge on any atom is -0.338 e. The third kappa shape index (κ3) is 3.62. The van der Waals surface area contributed by atoms with Crippen LogP contribution in [0.1, 0.15) is 6.92 Å². The van der Waals surface area contributed by atoms with Crippen molar-refractivity contribution in [2.45, 2.75) is 11.8 Å². The van der Waals surface area contributed by atoms with Gasteiger partial charge in [-0.05, 0) is 37.4 Å². The zero-order valence-corrected chi connectivity index (χ0v) is 14.2. The van der Waals surface area contributed by atoms with Gasteiger partial charge in [0.25, 0.3) is 0 Å². The molecule has 7 heteroatoms. The van der Waals surface area contributed by atoms with E-state index in [1.807, 2.05) is 25.3 Å². The number of carbonyl (C=O) groups is 1. The molecule has 2 amide bonds. The third-order valence-electron chi connectivity index (χ3n) is 3.35. The van der Waals surface area contributed by atoms with Gasteiger partial charge in [0.1, 0.15) is 11.3 Å². The molecule has 0 aliphatic heterocycles. The van der Waals surface area contributed by atoms with Crippen molar-refractivity contribution in [1.82, 2.24) is 20.3 Å². The lowest BCUT2D eigenvalue weighted by atomic mass is 10.1. The molecule has 0 unspecified atom stereocenters. The van der Waals surface area contributed by atoms with Crippen molar-refractivity contribution in [2.24, 2.45) is 0 Å². The van der Waals surface area contributed by atoms with Gasteiger partial charge in [0.2, 0.25) is 0 Å². The number of thioether (sulfide) groups is 1. The van der Waals surface area contributed by atoms with Gasteiger partial charge in [0, 0.05) is 17.0 Å². The number of pyridine rings is 1. The number of hydrogen-bond donors (Lipinski definition) is 2. The lowest BCUT2D eigenvalue weighted by molar-refractivity contribution is 0.252. The van der Waals surface area contributed by atoms with Gasteiger partial charge in [-0.15, -0.1) is 11.8 Å². The van der Waals surface area contributed by atoms with Crippen LogP contribution in [-0.4, -0.2) is 33.8 Å². The standard InChI is InChI=1S/C17H17N5OS/c1-3-18-17(23)22-15-8-7-13-16(21-15)20-14(10-19-13)11-5-4-6-12(9-11)24-2/h4-10H,3H2,1-2H3,(H2,18,20,21,22,23). The zero-order valence-electron chi connectivity index (χ0n) is 13.4. The normalized spacial score (nSPS) is 10.6. The molecular formula is C17H17N5OS. The molecule has 3 rings (SSSR count). The molecule has 0 aliphatic carbocycles. The number of rotatable bonds is 4. The van der Waals surface area contributed by atoms with Gasteiger partial charge in [-0.1, -0.05) is 12.1 Å². The number of carbonyl (C=O) groups excluding carboxylic acids is 1. The van der Waals surface area contributed by atoms with Gasteiger partial charge in [-0.25, -0.2) is 14.8 Å². The molecular weight excluding hydrogens is 322 g/mol. The van der Waals surface area contributed by atoms with E-state index in [2.05, 4.69) is 37.7 Å². The molecule has 1 aromatic carbocycles. The van der Waals surface area contributed by atoms with Gasteiger partial charge in [0.15, 0.2) is 5.65 Å². The van der Waals surface area contributed by atoms with Gasteiger partial charge >= 0.3 is 6.03 Å². The summed E-state index contributed by atoms with van der Waals surface area (Å²) >= 11 is 1.68. The Bertz CT molecular complexity index is 884. The maximum absolute atomic E-state index is 11.6. The van der Waals surface area contributed by atoms with Crippen LogP contribution in [0.5, 0.6) is 0 Å². The smallest absolute Gasteiger partial charge is 0.320 e. The number of nitrogens with one attached hydrogen (secondary N) is 2. The number of amides is 2. The second kappa shape index (κ2) is 7.27. The Morgan fingerprint density at radius 3 is 2.88 bits per heavy atom. The highest BCUT2D eigenvalue weighted by atomic mass is 32.2.